The molecule has 3 aromatic rings. The van der Waals surface area contributed by atoms with Gasteiger partial charge in [0.2, 0.25) is 4.77 Å². The van der Waals surface area contributed by atoms with Gasteiger partial charge in [0.1, 0.15) is 18.1 Å². The van der Waals surface area contributed by atoms with Crippen molar-refractivity contribution in [3.63, 3.8) is 0 Å². The molecule has 0 unspecified atom stereocenters. The van der Waals surface area contributed by atoms with E-state index in [0.717, 1.165) is 34.9 Å². The quantitative estimate of drug-likeness (QED) is 0.371. The molecule has 0 aliphatic rings. The lowest BCUT2D eigenvalue weighted by Gasteiger charge is -2.15. The van der Waals surface area contributed by atoms with E-state index >= 15 is 0 Å². The number of H-pyrrole nitrogens is 1. The molecule has 0 saturated heterocycles. The summed E-state index contributed by atoms with van der Waals surface area (Å²) in [6.45, 7) is 4.73. The fraction of sp³-hybridized carbons (Fsp3) is 0.318. The number of aromatic nitrogens is 3. The molecule has 0 radical (unpaired) electrons. The number of hydrogen-bond donors (Lipinski definition) is 1. The summed E-state index contributed by atoms with van der Waals surface area (Å²) in [6.07, 6.45) is 2.43. The van der Waals surface area contributed by atoms with E-state index in [9.17, 15) is 0 Å². The highest BCUT2D eigenvalue weighted by Crippen LogP contribution is 2.31. The Morgan fingerprint density at radius 3 is 2.55 bits per heavy atom. The van der Waals surface area contributed by atoms with Crippen LogP contribution in [0.1, 0.15) is 30.8 Å². The van der Waals surface area contributed by atoms with Gasteiger partial charge in [-0.1, -0.05) is 6.92 Å². The monoisotopic (exact) mass is 442 g/mol. The zero-order valence-corrected chi connectivity index (χ0v) is 18.9. The molecule has 0 bridgehead atoms. The van der Waals surface area contributed by atoms with E-state index in [1.807, 2.05) is 50.2 Å². The topological polar surface area (TPSA) is 82.9 Å². The molecule has 0 aliphatic carbocycles. The molecular weight excluding hydrogens is 416 g/mol. The number of aryl methyl sites for hydroxylation is 1. The fourth-order valence-electron chi connectivity index (χ4n) is 2.94. The van der Waals surface area contributed by atoms with Crippen molar-refractivity contribution < 1.29 is 18.9 Å². The Labute approximate surface area is 186 Å². The third-order valence-corrected chi connectivity index (χ3v) is 4.76. The number of benzene rings is 2. The second kappa shape index (κ2) is 10.6. The van der Waals surface area contributed by atoms with Crippen molar-refractivity contribution in [1.29, 1.82) is 0 Å². The van der Waals surface area contributed by atoms with Crippen molar-refractivity contribution in [1.82, 2.24) is 14.9 Å². The van der Waals surface area contributed by atoms with Gasteiger partial charge >= 0.3 is 0 Å². The minimum absolute atomic E-state index is 0.303. The lowest BCUT2D eigenvalue weighted by atomic mass is 10.2. The van der Waals surface area contributed by atoms with E-state index in [2.05, 4.69) is 15.3 Å². The van der Waals surface area contributed by atoms with Crippen molar-refractivity contribution in [2.45, 2.75) is 26.9 Å². The zero-order chi connectivity index (χ0) is 22.2. The second-order valence-corrected chi connectivity index (χ2v) is 6.85. The molecular formula is C22H26N4O4S. The van der Waals surface area contributed by atoms with Crippen molar-refractivity contribution >= 4 is 18.4 Å². The molecule has 1 aromatic heterocycles. The molecule has 0 saturated carbocycles. The fourth-order valence-corrected chi connectivity index (χ4v) is 3.14. The third kappa shape index (κ3) is 5.43. The maximum absolute atomic E-state index is 6.04. The maximum Gasteiger partial charge on any atom is 0.216 e. The number of nitrogens with one attached hydrogen (secondary N) is 1. The highest BCUT2D eigenvalue weighted by molar-refractivity contribution is 7.71. The van der Waals surface area contributed by atoms with Gasteiger partial charge in [0.05, 0.1) is 27.0 Å². The van der Waals surface area contributed by atoms with Crippen LogP contribution in [0.2, 0.25) is 0 Å². The molecule has 9 heteroatoms. The van der Waals surface area contributed by atoms with E-state index in [1.165, 1.54) is 0 Å². The van der Waals surface area contributed by atoms with Crippen LogP contribution < -0.4 is 18.9 Å². The van der Waals surface area contributed by atoms with Crippen LogP contribution >= 0.6 is 12.2 Å². The lowest BCUT2D eigenvalue weighted by Crippen LogP contribution is -2.03. The van der Waals surface area contributed by atoms with Gasteiger partial charge in [0.15, 0.2) is 17.3 Å². The molecule has 0 amide bonds. The first kappa shape index (κ1) is 22.4. The summed E-state index contributed by atoms with van der Waals surface area (Å²) in [4.78, 5) is 0. The van der Waals surface area contributed by atoms with Crippen LogP contribution in [0.3, 0.4) is 0 Å². The predicted molar refractivity (Wildman–Crippen MR) is 121 cm³/mol. The number of nitrogens with zero attached hydrogens (tertiary/aromatic N) is 3. The number of methoxy groups -OCH3 is 2. The van der Waals surface area contributed by atoms with Crippen LogP contribution in [0.25, 0.3) is 0 Å². The highest BCUT2D eigenvalue weighted by Gasteiger charge is 2.10. The van der Waals surface area contributed by atoms with Crippen LogP contribution in [0.5, 0.6) is 23.0 Å². The van der Waals surface area contributed by atoms with E-state index in [4.69, 9.17) is 31.2 Å². The first-order chi connectivity index (χ1) is 15.1. The van der Waals surface area contributed by atoms with Gasteiger partial charge in [-0.15, -0.1) is 0 Å². The third-order valence-electron chi connectivity index (χ3n) is 4.49. The summed E-state index contributed by atoms with van der Waals surface area (Å²) in [5.41, 5.74) is 1.72. The average molecular weight is 443 g/mol. The van der Waals surface area contributed by atoms with Gasteiger partial charge in [-0.25, -0.2) is 0 Å². The van der Waals surface area contributed by atoms with Crippen LogP contribution in [-0.2, 0) is 13.0 Å². The Kier molecular flexibility index (Phi) is 7.66. The maximum atomic E-state index is 6.04. The number of hydrogen-bond acceptors (Lipinski definition) is 7. The Bertz CT molecular complexity index is 1110. The molecule has 0 fully saturated rings. The molecule has 0 spiro atoms. The summed E-state index contributed by atoms with van der Waals surface area (Å²) in [5, 5.41) is 11.3. The number of aromatic amines is 1. The molecule has 0 aliphatic heterocycles. The average Bonchev–Trinajstić information content (AvgIpc) is 3.16. The first-order valence-electron chi connectivity index (χ1n) is 9.90. The molecule has 0 atom stereocenters. The van der Waals surface area contributed by atoms with E-state index in [1.54, 1.807) is 25.1 Å². The van der Waals surface area contributed by atoms with Gasteiger partial charge < -0.3 is 18.9 Å². The minimum Gasteiger partial charge on any atom is -0.497 e. The van der Waals surface area contributed by atoms with Crippen molar-refractivity contribution in [3.8, 4) is 23.0 Å². The van der Waals surface area contributed by atoms with Gasteiger partial charge in [0, 0.05) is 12.0 Å². The highest BCUT2D eigenvalue weighted by atomic mass is 32.1. The summed E-state index contributed by atoms with van der Waals surface area (Å²) >= 11 is 5.23. The van der Waals surface area contributed by atoms with Crippen LogP contribution in [0.4, 0.5) is 0 Å². The van der Waals surface area contributed by atoms with Crippen LogP contribution in [0, 0.1) is 4.77 Å². The Morgan fingerprint density at radius 2 is 1.84 bits per heavy atom. The van der Waals surface area contributed by atoms with Crippen LogP contribution in [-0.4, -0.2) is 41.9 Å². The Balaban J connectivity index is 1.82. The van der Waals surface area contributed by atoms with E-state index in [0.29, 0.717) is 29.5 Å². The minimum atomic E-state index is 0.303. The standard InChI is InChI=1S/C22H26N4O4S/c1-5-21-24-25-22(31)26(21)23-13-15-7-9-19(20(11-15)29-6-2)30-14-16-12-17(27-3)8-10-18(16)28-4/h7-13H,5-6,14H2,1-4H3,(H,25,31)/b23-13-. The smallest absolute Gasteiger partial charge is 0.216 e. The first-order valence-corrected chi connectivity index (χ1v) is 10.3. The van der Waals surface area contributed by atoms with E-state index < -0.39 is 0 Å². The zero-order valence-electron chi connectivity index (χ0n) is 18.0. The summed E-state index contributed by atoms with van der Waals surface area (Å²) in [6, 6.07) is 11.2. The van der Waals surface area contributed by atoms with Crippen LogP contribution in [0.15, 0.2) is 41.5 Å². The number of ether oxygens (including phenoxy) is 4. The number of rotatable bonds is 10. The summed E-state index contributed by atoms with van der Waals surface area (Å²) in [7, 11) is 3.25. The van der Waals surface area contributed by atoms with Gasteiger partial charge in [-0.3, -0.25) is 5.10 Å². The molecule has 1 heterocycles. The Morgan fingerprint density at radius 1 is 1.03 bits per heavy atom. The largest absolute Gasteiger partial charge is 0.497 e. The molecule has 164 valence electrons. The molecule has 8 nitrogen and oxygen atoms in total. The molecule has 31 heavy (non-hydrogen) atoms. The Hall–Kier alpha value is -3.33. The van der Waals surface area contributed by atoms with Crippen molar-refractivity contribution in [2.75, 3.05) is 20.8 Å². The van der Waals surface area contributed by atoms with E-state index in [-0.39, 0.29) is 0 Å². The van der Waals surface area contributed by atoms with Gasteiger partial charge in [0.25, 0.3) is 0 Å². The summed E-state index contributed by atoms with van der Waals surface area (Å²) in [5.74, 6) is 3.47. The van der Waals surface area contributed by atoms with Crippen molar-refractivity contribution in [3.05, 3.63) is 58.1 Å². The SMILES string of the molecule is CCOc1cc(/C=N\n2c(CC)n[nH]c2=S)ccc1OCc1cc(OC)ccc1OC. The van der Waals surface area contributed by atoms with Gasteiger partial charge in [-0.05, 0) is 61.1 Å². The second-order valence-electron chi connectivity index (χ2n) is 6.46. The molecule has 2 aromatic carbocycles. The molecule has 1 N–H and O–H groups in total. The van der Waals surface area contributed by atoms with Gasteiger partial charge in [-0.2, -0.15) is 14.9 Å². The molecule has 3 rings (SSSR count). The summed E-state index contributed by atoms with van der Waals surface area (Å²) < 4.78 is 24.6. The predicted octanol–water partition coefficient (Wildman–Crippen LogP) is 4.38. The van der Waals surface area contributed by atoms with Crippen molar-refractivity contribution in [2.24, 2.45) is 5.10 Å². The lowest BCUT2D eigenvalue weighted by molar-refractivity contribution is 0.264. The normalized spacial score (nSPS) is 11.0.